The third kappa shape index (κ3) is 4.60. The van der Waals surface area contributed by atoms with Gasteiger partial charge in [-0.3, -0.25) is 9.50 Å². The topological polar surface area (TPSA) is 118 Å². The number of ether oxygens (including phenoxy) is 2. The fourth-order valence-electron chi connectivity index (χ4n) is 4.12. The molecule has 3 aromatic heterocycles. The maximum Gasteiger partial charge on any atom is 0.407 e. The van der Waals surface area contributed by atoms with E-state index in [9.17, 15) is 4.79 Å². The summed E-state index contributed by atoms with van der Waals surface area (Å²) in [6.45, 7) is 2.30. The average Bonchev–Trinajstić information content (AvgIpc) is 3.11. The maximum atomic E-state index is 15.1. The molecular weight excluding hydrogens is 453 g/mol. The zero-order valence-electron chi connectivity index (χ0n) is 18.3. The van der Waals surface area contributed by atoms with Gasteiger partial charge in [-0.15, -0.1) is 0 Å². The third-order valence-corrected chi connectivity index (χ3v) is 6.36. The van der Waals surface area contributed by atoms with E-state index in [4.69, 9.17) is 21.1 Å². The molecule has 0 unspecified atom stereocenters. The number of halogens is 2. The summed E-state index contributed by atoms with van der Waals surface area (Å²) in [5.74, 6) is 0.426. The Bertz CT molecular complexity index is 1180. The first-order valence-corrected chi connectivity index (χ1v) is 11.2. The van der Waals surface area contributed by atoms with Crippen LogP contribution in [0.25, 0.3) is 5.65 Å². The summed E-state index contributed by atoms with van der Waals surface area (Å²) in [5, 5.41) is 13.3. The summed E-state index contributed by atoms with van der Waals surface area (Å²) in [6, 6.07) is 3.38. The molecule has 3 heterocycles. The van der Waals surface area contributed by atoms with E-state index in [0.717, 1.165) is 18.5 Å². The van der Waals surface area contributed by atoms with Crippen LogP contribution in [0.1, 0.15) is 49.9 Å². The predicted molar refractivity (Wildman–Crippen MR) is 118 cm³/mol. The van der Waals surface area contributed by atoms with Crippen molar-refractivity contribution in [3.05, 3.63) is 34.9 Å². The Balaban J connectivity index is 1.27. The second kappa shape index (κ2) is 8.45. The number of aromatic amines is 1. The van der Waals surface area contributed by atoms with Crippen LogP contribution in [0.15, 0.2) is 18.3 Å². The van der Waals surface area contributed by atoms with Crippen LogP contribution in [-0.2, 0) is 16.1 Å². The lowest BCUT2D eigenvalue weighted by atomic mass is 10.0. The van der Waals surface area contributed by atoms with Gasteiger partial charge >= 0.3 is 6.09 Å². The van der Waals surface area contributed by atoms with E-state index >= 15 is 4.39 Å². The fourth-order valence-corrected chi connectivity index (χ4v) is 4.30. The van der Waals surface area contributed by atoms with E-state index < -0.39 is 24.3 Å². The number of anilines is 2. The van der Waals surface area contributed by atoms with Crippen LogP contribution in [0.2, 0.25) is 5.15 Å². The van der Waals surface area contributed by atoms with E-state index in [0.29, 0.717) is 42.6 Å². The van der Waals surface area contributed by atoms with Crippen molar-refractivity contribution in [2.24, 2.45) is 0 Å². The first kappa shape index (κ1) is 21.9. The van der Waals surface area contributed by atoms with Gasteiger partial charge in [0.2, 0.25) is 5.95 Å². The molecule has 0 radical (unpaired) electrons. The predicted octanol–water partition coefficient (Wildman–Crippen LogP) is 3.86. The highest BCUT2D eigenvalue weighted by Gasteiger charge is 2.43. The number of carbonyl (C=O) groups is 1. The summed E-state index contributed by atoms with van der Waals surface area (Å²) in [6.07, 6.45) is 1.96. The van der Waals surface area contributed by atoms with Gasteiger partial charge in [0.25, 0.3) is 0 Å². The Morgan fingerprint density at radius 1 is 1.36 bits per heavy atom. The van der Waals surface area contributed by atoms with Gasteiger partial charge in [0.1, 0.15) is 23.1 Å². The van der Waals surface area contributed by atoms with Gasteiger partial charge in [0.15, 0.2) is 5.82 Å². The standard InChI is InChI=1S/C21H25ClFN7O3/c1-21(5-6-21)27-20(31)33-14-4-3-12(18(14)23)13-7-16(29-28-13)26-19-25-15(22)8-17-24-11(10-32-2)9-30(17)19/h7-9,12,14,18H,3-6,10H2,1-2H3,(H,27,31)(H2,25,26,28,29)/t12-,14-,18-/m0/s1. The monoisotopic (exact) mass is 477 g/mol. The molecule has 10 nitrogen and oxygen atoms in total. The minimum Gasteiger partial charge on any atom is -0.443 e. The van der Waals surface area contributed by atoms with Crippen LogP contribution in [0, 0.1) is 0 Å². The SMILES string of the molecule is COCc1cn2c(Nc3cc([C@@H]4CC[C@H](OC(=O)NC5(C)CC5)[C@H]4F)[nH]n3)nc(Cl)cc2n1. The van der Waals surface area contributed by atoms with Gasteiger partial charge in [-0.05, 0) is 32.6 Å². The van der Waals surface area contributed by atoms with Gasteiger partial charge in [0.05, 0.1) is 12.3 Å². The first-order valence-electron chi connectivity index (χ1n) is 10.8. The molecule has 1 amide bonds. The highest BCUT2D eigenvalue weighted by Crippen LogP contribution is 2.39. The fraction of sp³-hybridized carbons (Fsp3) is 0.524. The van der Waals surface area contributed by atoms with Gasteiger partial charge in [0, 0.05) is 42.6 Å². The Kier molecular flexibility index (Phi) is 5.61. The van der Waals surface area contributed by atoms with Gasteiger partial charge < -0.3 is 20.1 Å². The van der Waals surface area contributed by atoms with Crippen LogP contribution in [0.4, 0.5) is 21.0 Å². The lowest BCUT2D eigenvalue weighted by molar-refractivity contribution is 0.0546. The second-order valence-electron chi connectivity index (χ2n) is 8.89. The van der Waals surface area contributed by atoms with Gasteiger partial charge in [-0.25, -0.2) is 19.2 Å². The van der Waals surface area contributed by atoms with E-state index in [-0.39, 0.29) is 10.7 Å². The Morgan fingerprint density at radius 3 is 2.94 bits per heavy atom. The zero-order chi connectivity index (χ0) is 23.2. The van der Waals surface area contributed by atoms with Crippen molar-refractivity contribution in [2.75, 3.05) is 12.4 Å². The molecule has 2 fully saturated rings. The molecule has 3 aromatic rings. The van der Waals surface area contributed by atoms with Crippen LogP contribution >= 0.6 is 11.6 Å². The van der Waals surface area contributed by atoms with E-state index in [1.54, 1.807) is 29.8 Å². The Hall–Kier alpha value is -2.92. The van der Waals surface area contributed by atoms with Crippen LogP contribution in [0.5, 0.6) is 0 Å². The van der Waals surface area contributed by atoms with Crippen molar-refractivity contribution in [3.63, 3.8) is 0 Å². The highest BCUT2D eigenvalue weighted by atomic mass is 35.5. The smallest absolute Gasteiger partial charge is 0.407 e. The number of alkyl carbamates (subject to hydrolysis) is 1. The quantitative estimate of drug-likeness (QED) is 0.442. The number of amides is 1. The molecule has 0 saturated heterocycles. The number of nitrogens with one attached hydrogen (secondary N) is 3. The van der Waals surface area contributed by atoms with Crippen molar-refractivity contribution in [1.29, 1.82) is 0 Å². The minimum atomic E-state index is -1.32. The molecule has 0 bridgehead atoms. The summed E-state index contributed by atoms with van der Waals surface area (Å²) in [5.41, 5.74) is 1.75. The van der Waals surface area contributed by atoms with E-state index in [1.807, 2.05) is 6.92 Å². The summed E-state index contributed by atoms with van der Waals surface area (Å²) < 4.78 is 27.3. The molecule has 2 saturated carbocycles. The molecule has 0 spiro atoms. The average molecular weight is 478 g/mol. The number of hydrogen-bond donors (Lipinski definition) is 3. The highest BCUT2D eigenvalue weighted by molar-refractivity contribution is 6.29. The minimum absolute atomic E-state index is 0.204. The summed E-state index contributed by atoms with van der Waals surface area (Å²) >= 11 is 6.15. The lowest BCUT2D eigenvalue weighted by Gasteiger charge is -2.19. The van der Waals surface area contributed by atoms with Crippen molar-refractivity contribution in [3.8, 4) is 0 Å². The number of rotatable bonds is 7. The molecule has 12 heteroatoms. The molecule has 33 heavy (non-hydrogen) atoms. The number of H-pyrrole nitrogens is 1. The largest absolute Gasteiger partial charge is 0.443 e. The molecule has 3 N–H and O–H groups in total. The molecule has 2 aliphatic rings. The molecule has 2 aliphatic carbocycles. The number of fused-ring (bicyclic) bond motifs is 1. The van der Waals surface area contributed by atoms with E-state index in [1.165, 1.54) is 0 Å². The molecule has 0 aromatic carbocycles. The van der Waals surface area contributed by atoms with Crippen molar-refractivity contribution in [2.45, 2.75) is 62.9 Å². The molecule has 3 atom stereocenters. The number of aromatic nitrogens is 5. The van der Waals surface area contributed by atoms with Gasteiger partial charge in [-0.2, -0.15) is 5.10 Å². The summed E-state index contributed by atoms with van der Waals surface area (Å²) in [4.78, 5) is 20.8. The number of imidazole rings is 1. The third-order valence-electron chi connectivity index (χ3n) is 6.17. The molecular formula is C21H25ClFN7O3. The maximum absolute atomic E-state index is 15.1. The first-order chi connectivity index (χ1) is 15.8. The van der Waals surface area contributed by atoms with Crippen molar-refractivity contribution < 1.29 is 18.7 Å². The molecule has 176 valence electrons. The number of nitrogens with zero attached hydrogens (tertiary/aromatic N) is 4. The number of alkyl halides is 1. The lowest BCUT2D eigenvalue weighted by Crippen LogP contribution is -2.38. The van der Waals surface area contributed by atoms with Crippen molar-refractivity contribution in [1.82, 2.24) is 29.9 Å². The number of methoxy groups -OCH3 is 1. The molecule has 5 rings (SSSR count). The van der Waals surface area contributed by atoms with E-state index in [2.05, 4.69) is 30.8 Å². The zero-order valence-corrected chi connectivity index (χ0v) is 19.0. The number of hydrogen-bond acceptors (Lipinski definition) is 7. The normalized spacial score (nSPS) is 23.6. The van der Waals surface area contributed by atoms with Gasteiger partial charge in [-0.1, -0.05) is 11.6 Å². The number of carbonyl (C=O) groups excluding carboxylic acids is 1. The van der Waals surface area contributed by atoms with Crippen LogP contribution in [0.3, 0.4) is 0 Å². The molecule has 0 aliphatic heterocycles. The van der Waals surface area contributed by atoms with Crippen LogP contribution < -0.4 is 10.6 Å². The second-order valence-corrected chi connectivity index (χ2v) is 9.27. The Labute approximate surface area is 194 Å². The van der Waals surface area contributed by atoms with Crippen molar-refractivity contribution >= 4 is 35.1 Å². The Morgan fingerprint density at radius 2 is 2.18 bits per heavy atom. The van der Waals surface area contributed by atoms with Crippen LogP contribution in [-0.4, -0.2) is 55.6 Å². The summed E-state index contributed by atoms with van der Waals surface area (Å²) in [7, 11) is 1.59.